The van der Waals surface area contributed by atoms with Crippen molar-refractivity contribution in [2.45, 2.75) is 6.54 Å². The van der Waals surface area contributed by atoms with Crippen LogP contribution < -0.4 is 10.1 Å². The SMILES string of the molecule is COc1c(Br)cc(CNc2cc(Br)c(F)cc2F)cc1Br. The summed E-state index contributed by atoms with van der Waals surface area (Å²) in [5.41, 5.74) is 1.14. The second kappa shape index (κ2) is 7.07. The molecule has 0 heterocycles. The van der Waals surface area contributed by atoms with Crippen LogP contribution >= 0.6 is 47.8 Å². The maximum atomic E-state index is 13.6. The molecule has 2 rings (SSSR count). The van der Waals surface area contributed by atoms with Gasteiger partial charge in [0.05, 0.1) is 26.2 Å². The van der Waals surface area contributed by atoms with Gasteiger partial charge in [0.1, 0.15) is 17.4 Å². The van der Waals surface area contributed by atoms with Crippen molar-refractivity contribution in [3.05, 3.63) is 54.9 Å². The Hall–Kier alpha value is -0.660. The fourth-order valence-corrected chi connectivity index (χ4v) is 3.71. The first-order valence-electron chi connectivity index (χ1n) is 5.82. The smallest absolute Gasteiger partial charge is 0.149 e. The predicted octanol–water partition coefficient (Wildman–Crippen LogP) is 5.87. The second-order valence-electron chi connectivity index (χ2n) is 4.19. The van der Waals surface area contributed by atoms with Gasteiger partial charge in [-0.1, -0.05) is 0 Å². The van der Waals surface area contributed by atoms with Crippen LogP contribution in [0.1, 0.15) is 5.56 Å². The van der Waals surface area contributed by atoms with E-state index >= 15 is 0 Å². The number of anilines is 1. The van der Waals surface area contributed by atoms with E-state index in [4.69, 9.17) is 4.74 Å². The molecule has 0 unspecified atom stereocenters. The number of rotatable bonds is 4. The lowest BCUT2D eigenvalue weighted by Crippen LogP contribution is -2.03. The fraction of sp³-hybridized carbons (Fsp3) is 0.143. The first-order valence-corrected chi connectivity index (χ1v) is 8.20. The van der Waals surface area contributed by atoms with Gasteiger partial charge in [-0.15, -0.1) is 0 Å². The zero-order valence-corrected chi connectivity index (χ0v) is 15.6. The summed E-state index contributed by atoms with van der Waals surface area (Å²) in [7, 11) is 1.58. The van der Waals surface area contributed by atoms with E-state index in [-0.39, 0.29) is 10.2 Å². The van der Waals surface area contributed by atoms with Crippen LogP contribution in [0, 0.1) is 11.6 Å². The molecular formula is C14H10Br3F2NO. The molecule has 0 fully saturated rings. The van der Waals surface area contributed by atoms with Crippen molar-refractivity contribution in [2.75, 3.05) is 12.4 Å². The van der Waals surface area contributed by atoms with Gasteiger partial charge in [-0.25, -0.2) is 8.78 Å². The molecule has 7 heteroatoms. The van der Waals surface area contributed by atoms with Crippen molar-refractivity contribution in [3.63, 3.8) is 0 Å². The summed E-state index contributed by atoms with van der Waals surface area (Å²) in [6, 6.07) is 5.95. The summed E-state index contributed by atoms with van der Waals surface area (Å²) < 4.78 is 33.8. The first kappa shape index (κ1) is 16.7. The molecule has 2 aromatic rings. The molecular weight excluding hydrogens is 476 g/mol. The summed E-state index contributed by atoms with van der Waals surface area (Å²) in [6.07, 6.45) is 0. The van der Waals surface area contributed by atoms with Crippen molar-refractivity contribution in [2.24, 2.45) is 0 Å². The van der Waals surface area contributed by atoms with Gasteiger partial charge in [0, 0.05) is 12.6 Å². The topological polar surface area (TPSA) is 21.3 Å². The minimum atomic E-state index is -0.637. The van der Waals surface area contributed by atoms with Crippen molar-refractivity contribution in [1.29, 1.82) is 0 Å². The highest BCUT2D eigenvalue weighted by atomic mass is 79.9. The number of halogens is 5. The Labute approximate surface area is 146 Å². The Kier molecular flexibility index (Phi) is 5.62. The highest BCUT2D eigenvalue weighted by Gasteiger charge is 2.10. The molecule has 1 N–H and O–H groups in total. The molecule has 0 saturated carbocycles. The highest BCUT2D eigenvalue weighted by molar-refractivity contribution is 9.11. The van der Waals surface area contributed by atoms with Gasteiger partial charge in [0.2, 0.25) is 0 Å². The summed E-state index contributed by atoms with van der Waals surface area (Å²) in [5, 5.41) is 2.94. The zero-order chi connectivity index (χ0) is 15.6. The Bertz CT molecular complexity index is 657. The molecule has 21 heavy (non-hydrogen) atoms. The van der Waals surface area contributed by atoms with Crippen LogP contribution in [-0.4, -0.2) is 7.11 Å². The Balaban J connectivity index is 2.19. The molecule has 0 saturated heterocycles. The highest BCUT2D eigenvalue weighted by Crippen LogP contribution is 2.34. The van der Waals surface area contributed by atoms with E-state index in [1.54, 1.807) is 7.11 Å². The molecule has 112 valence electrons. The molecule has 0 amide bonds. The van der Waals surface area contributed by atoms with Crippen molar-refractivity contribution >= 4 is 53.5 Å². The lowest BCUT2D eigenvalue weighted by molar-refractivity contribution is 0.409. The third kappa shape index (κ3) is 3.96. The van der Waals surface area contributed by atoms with E-state index in [1.807, 2.05) is 12.1 Å². The third-order valence-electron chi connectivity index (χ3n) is 2.76. The van der Waals surface area contributed by atoms with Crippen LogP contribution in [0.2, 0.25) is 0 Å². The molecule has 0 radical (unpaired) electrons. The first-order chi connectivity index (χ1) is 9.92. The Morgan fingerprint density at radius 2 is 1.57 bits per heavy atom. The summed E-state index contributed by atoms with van der Waals surface area (Å²) in [6.45, 7) is 0.385. The maximum Gasteiger partial charge on any atom is 0.149 e. The molecule has 2 aromatic carbocycles. The number of nitrogens with one attached hydrogen (secondary N) is 1. The van der Waals surface area contributed by atoms with E-state index in [9.17, 15) is 8.78 Å². The quantitative estimate of drug-likeness (QED) is 0.547. The summed E-state index contributed by atoms with van der Waals surface area (Å²) in [4.78, 5) is 0. The molecule has 0 atom stereocenters. The molecule has 2 nitrogen and oxygen atoms in total. The van der Waals surface area contributed by atoms with Crippen molar-refractivity contribution in [1.82, 2.24) is 0 Å². The van der Waals surface area contributed by atoms with Crippen molar-refractivity contribution < 1.29 is 13.5 Å². The largest absolute Gasteiger partial charge is 0.494 e. The normalized spacial score (nSPS) is 10.6. The lowest BCUT2D eigenvalue weighted by Gasteiger charge is -2.12. The van der Waals surface area contributed by atoms with E-state index in [2.05, 4.69) is 53.1 Å². The molecule has 0 aromatic heterocycles. The van der Waals surface area contributed by atoms with Gasteiger partial charge >= 0.3 is 0 Å². The van der Waals surface area contributed by atoms with Gasteiger partial charge in [0.25, 0.3) is 0 Å². The molecule has 0 spiro atoms. The number of benzene rings is 2. The van der Waals surface area contributed by atoms with Crippen LogP contribution in [0.3, 0.4) is 0 Å². The minimum absolute atomic E-state index is 0.212. The Morgan fingerprint density at radius 1 is 0.952 bits per heavy atom. The van der Waals surface area contributed by atoms with Gasteiger partial charge in [0.15, 0.2) is 0 Å². The monoisotopic (exact) mass is 483 g/mol. The van der Waals surface area contributed by atoms with Crippen LogP contribution in [0.15, 0.2) is 37.7 Å². The van der Waals surface area contributed by atoms with E-state index < -0.39 is 11.6 Å². The van der Waals surface area contributed by atoms with E-state index in [0.717, 1.165) is 20.6 Å². The number of hydrogen-bond donors (Lipinski definition) is 1. The second-order valence-corrected chi connectivity index (χ2v) is 6.76. The summed E-state index contributed by atoms with van der Waals surface area (Å²) in [5.74, 6) is -0.579. The average Bonchev–Trinajstić information content (AvgIpc) is 2.41. The molecule has 0 bridgehead atoms. The van der Waals surface area contributed by atoms with E-state index in [0.29, 0.717) is 12.3 Å². The third-order valence-corrected chi connectivity index (χ3v) is 4.54. The fourth-order valence-electron chi connectivity index (χ4n) is 1.76. The minimum Gasteiger partial charge on any atom is -0.494 e. The standard InChI is InChI=1S/C14H10Br3F2NO/c1-21-14-9(16)2-7(3-10(14)17)6-20-13-4-8(15)11(18)5-12(13)19/h2-5,20H,6H2,1H3. The number of methoxy groups -OCH3 is 1. The number of hydrogen-bond acceptors (Lipinski definition) is 2. The van der Waals surface area contributed by atoms with Crippen LogP contribution in [0.5, 0.6) is 5.75 Å². The van der Waals surface area contributed by atoms with Gasteiger partial charge < -0.3 is 10.1 Å². The van der Waals surface area contributed by atoms with E-state index in [1.165, 1.54) is 6.07 Å². The van der Waals surface area contributed by atoms with Crippen molar-refractivity contribution in [3.8, 4) is 5.75 Å². The van der Waals surface area contributed by atoms with Crippen LogP contribution in [0.4, 0.5) is 14.5 Å². The predicted molar refractivity (Wildman–Crippen MR) is 89.8 cm³/mol. The average molecular weight is 486 g/mol. The van der Waals surface area contributed by atoms with Gasteiger partial charge in [-0.05, 0) is 71.6 Å². The van der Waals surface area contributed by atoms with Gasteiger partial charge in [-0.3, -0.25) is 0 Å². The van der Waals surface area contributed by atoms with Crippen LogP contribution in [0.25, 0.3) is 0 Å². The maximum absolute atomic E-state index is 13.6. The summed E-state index contributed by atoms with van der Waals surface area (Å²) >= 11 is 9.85. The van der Waals surface area contributed by atoms with Gasteiger partial charge in [-0.2, -0.15) is 0 Å². The zero-order valence-electron chi connectivity index (χ0n) is 10.8. The Morgan fingerprint density at radius 3 is 2.14 bits per heavy atom. The molecule has 0 aliphatic heterocycles. The van der Waals surface area contributed by atoms with Crippen LogP contribution in [-0.2, 0) is 6.54 Å². The number of ether oxygens (including phenoxy) is 1. The molecule has 0 aliphatic carbocycles. The molecule has 0 aliphatic rings. The lowest BCUT2D eigenvalue weighted by atomic mass is 10.2.